The molecule has 0 aliphatic rings. The number of fused-ring (bicyclic) bond motifs is 1. The fourth-order valence-corrected chi connectivity index (χ4v) is 6.22. The molecule has 0 saturated carbocycles. The smallest absolute Gasteiger partial charge is 0.251 e. The van der Waals surface area contributed by atoms with Gasteiger partial charge in [0.1, 0.15) is 0 Å². The van der Waals surface area contributed by atoms with Gasteiger partial charge in [0, 0.05) is 77.8 Å². The second-order valence-electron chi connectivity index (χ2n) is 9.09. The van der Waals surface area contributed by atoms with E-state index in [1.165, 1.54) is 5.56 Å². The molecular formula is C28H32ClIN4OS. The summed E-state index contributed by atoms with van der Waals surface area (Å²) in [6.07, 6.45) is 10.1. The SMILES string of the molecule is CCCc1cc(Cl)cc(Cn2ccc(-c3cn(SI)c4ncc(N(CCC)CCC)cc34)cc2=O)c1. The van der Waals surface area contributed by atoms with Crippen LogP contribution in [0.25, 0.3) is 22.2 Å². The van der Waals surface area contributed by atoms with Gasteiger partial charge in [0.25, 0.3) is 5.56 Å². The minimum Gasteiger partial charge on any atom is -0.370 e. The lowest BCUT2D eigenvalue weighted by atomic mass is 10.1. The van der Waals surface area contributed by atoms with Crippen molar-refractivity contribution in [1.29, 1.82) is 0 Å². The van der Waals surface area contributed by atoms with Crippen LogP contribution in [0.15, 0.2) is 59.8 Å². The Bertz CT molecular complexity index is 1390. The summed E-state index contributed by atoms with van der Waals surface area (Å²) >= 11 is 8.61. The van der Waals surface area contributed by atoms with Crippen molar-refractivity contribution in [1.82, 2.24) is 13.5 Å². The highest BCUT2D eigenvalue weighted by Gasteiger charge is 2.16. The molecule has 0 atom stereocenters. The quantitative estimate of drug-likeness (QED) is 0.157. The third-order valence-electron chi connectivity index (χ3n) is 6.24. The number of benzene rings is 1. The van der Waals surface area contributed by atoms with Crippen molar-refractivity contribution in [2.24, 2.45) is 0 Å². The Morgan fingerprint density at radius 3 is 2.44 bits per heavy atom. The molecule has 0 radical (unpaired) electrons. The predicted molar refractivity (Wildman–Crippen MR) is 164 cm³/mol. The molecule has 3 aromatic heterocycles. The van der Waals surface area contributed by atoms with E-state index in [-0.39, 0.29) is 5.56 Å². The first kappa shape index (κ1) is 27.1. The summed E-state index contributed by atoms with van der Waals surface area (Å²) in [4.78, 5) is 20.4. The van der Waals surface area contributed by atoms with Crippen LogP contribution >= 0.6 is 41.9 Å². The van der Waals surface area contributed by atoms with Crippen molar-refractivity contribution in [2.75, 3.05) is 18.0 Å². The van der Waals surface area contributed by atoms with Crippen LogP contribution in [0.4, 0.5) is 5.69 Å². The van der Waals surface area contributed by atoms with Gasteiger partial charge in [-0.2, -0.15) is 0 Å². The molecule has 4 rings (SSSR count). The van der Waals surface area contributed by atoms with Gasteiger partial charge in [-0.15, -0.1) is 0 Å². The van der Waals surface area contributed by atoms with Crippen LogP contribution in [0.1, 0.15) is 51.2 Å². The summed E-state index contributed by atoms with van der Waals surface area (Å²) in [6, 6.07) is 12.1. The van der Waals surface area contributed by atoms with E-state index in [0.717, 1.165) is 72.2 Å². The zero-order valence-corrected chi connectivity index (χ0v) is 24.7. The highest BCUT2D eigenvalue weighted by Crippen LogP contribution is 2.35. The molecular weight excluding hydrogens is 603 g/mol. The van der Waals surface area contributed by atoms with Gasteiger partial charge in [-0.25, -0.2) is 4.98 Å². The molecule has 0 amide bonds. The number of aryl methyl sites for hydroxylation is 1. The Hall–Kier alpha value is -1.97. The van der Waals surface area contributed by atoms with Crippen LogP contribution in [0.3, 0.4) is 0 Å². The van der Waals surface area contributed by atoms with E-state index >= 15 is 0 Å². The third kappa shape index (κ3) is 6.11. The number of nitrogens with zero attached hydrogens (tertiary/aromatic N) is 4. The first-order valence-electron chi connectivity index (χ1n) is 12.5. The number of aromatic nitrogens is 3. The lowest BCUT2D eigenvalue weighted by molar-refractivity contribution is 0.744. The molecule has 0 aliphatic heterocycles. The van der Waals surface area contributed by atoms with Crippen molar-refractivity contribution in [3.8, 4) is 11.1 Å². The number of hydrogen-bond donors (Lipinski definition) is 0. The first-order valence-corrected chi connectivity index (χ1v) is 16.2. The predicted octanol–water partition coefficient (Wildman–Crippen LogP) is 7.99. The average Bonchev–Trinajstić information content (AvgIpc) is 3.23. The zero-order chi connectivity index (χ0) is 25.7. The standard InChI is InChI=1S/C28H32ClIN4OS/c1-4-7-20-12-21(14-23(29)13-20)18-33-11-8-22(15-27(33)35)26-19-34(36-30)28-25(26)16-24(17-31-28)32(9-5-2)10-6-3/h8,11-17,19H,4-7,9-10,18H2,1-3H3. The zero-order valence-electron chi connectivity index (χ0n) is 21.0. The van der Waals surface area contributed by atoms with E-state index in [2.05, 4.69) is 69.2 Å². The van der Waals surface area contributed by atoms with Crippen molar-refractivity contribution >= 4 is 58.6 Å². The molecule has 3 heterocycles. The molecule has 1 aromatic carbocycles. The van der Waals surface area contributed by atoms with Crippen LogP contribution in [-0.2, 0) is 13.0 Å². The minimum absolute atomic E-state index is 0.0322. The molecule has 36 heavy (non-hydrogen) atoms. The maximum absolute atomic E-state index is 13.2. The van der Waals surface area contributed by atoms with E-state index in [1.54, 1.807) is 19.8 Å². The van der Waals surface area contributed by atoms with Gasteiger partial charge in [-0.3, -0.25) is 8.77 Å². The Kier molecular flexibility index (Phi) is 9.41. The first-order chi connectivity index (χ1) is 17.5. The number of hydrogen-bond acceptors (Lipinski definition) is 4. The number of halogens is 2. The van der Waals surface area contributed by atoms with Gasteiger partial charge >= 0.3 is 0 Å². The largest absolute Gasteiger partial charge is 0.370 e. The summed E-state index contributed by atoms with van der Waals surface area (Å²) in [6.45, 7) is 9.05. The van der Waals surface area contributed by atoms with E-state index < -0.39 is 0 Å². The fourth-order valence-electron chi connectivity index (χ4n) is 4.68. The van der Waals surface area contributed by atoms with Gasteiger partial charge < -0.3 is 9.47 Å². The lowest BCUT2D eigenvalue weighted by Gasteiger charge is -2.23. The molecule has 0 N–H and O–H groups in total. The van der Waals surface area contributed by atoms with Crippen LogP contribution in [0.2, 0.25) is 5.02 Å². The summed E-state index contributed by atoms with van der Waals surface area (Å²) in [5.74, 6) is 0. The highest BCUT2D eigenvalue weighted by molar-refractivity contribution is 14.2. The third-order valence-corrected chi connectivity index (χ3v) is 8.16. The Morgan fingerprint density at radius 1 is 1.03 bits per heavy atom. The van der Waals surface area contributed by atoms with Gasteiger partial charge in [0.15, 0.2) is 5.65 Å². The van der Waals surface area contributed by atoms with Crippen LogP contribution in [0.5, 0.6) is 0 Å². The van der Waals surface area contributed by atoms with Crippen LogP contribution < -0.4 is 10.5 Å². The monoisotopic (exact) mass is 634 g/mol. The van der Waals surface area contributed by atoms with Crippen molar-refractivity contribution in [3.63, 3.8) is 0 Å². The van der Waals surface area contributed by atoms with Crippen molar-refractivity contribution in [2.45, 2.75) is 53.0 Å². The van der Waals surface area contributed by atoms with Crippen molar-refractivity contribution in [3.05, 3.63) is 81.5 Å². The topological polar surface area (TPSA) is 43.1 Å². The second kappa shape index (κ2) is 12.5. The maximum atomic E-state index is 13.2. The summed E-state index contributed by atoms with van der Waals surface area (Å²) in [7, 11) is 1.58. The van der Waals surface area contributed by atoms with Crippen molar-refractivity contribution < 1.29 is 0 Å². The summed E-state index contributed by atoms with van der Waals surface area (Å²) < 4.78 is 3.80. The van der Waals surface area contributed by atoms with Crippen LogP contribution in [0, 0.1) is 0 Å². The molecule has 0 spiro atoms. The normalized spacial score (nSPS) is 11.4. The maximum Gasteiger partial charge on any atom is 0.251 e. The average molecular weight is 635 g/mol. The van der Waals surface area contributed by atoms with Gasteiger partial charge in [0.2, 0.25) is 0 Å². The Morgan fingerprint density at radius 2 is 1.78 bits per heavy atom. The summed E-state index contributed by atoms with van der Waals surface area (Å²) in [5, 5.41) is 1.78. The number of anilines is 1. The van der Waals surface area contributed by atoms with E-state index in [0.29, 0.717) is 11.6 Å². The van der Waals surface area contributed by atoms with Gasteiger partial charge in [-0.1, -0.05) is 44.9 Å². The molecule has 0 fully saturated rings. The molecule has 0 unspecified atom stereocenters. The van der Waals surface area contributed by atoms with Crippen LogP contribution in [-0.4, -0.2) is 26.6 Å². The fraction of sp³-hybridized carbons (Fsp3) is 0.357. The Balaban J connectivity index is 1.71. The molecule has 0 saturated heterocycles. The molecule has 190 valence electrons. The lowest BCUT2D eigenvalue weighted by Crippen LogP contribution is -2.24. The highest BCUT2D eigenvalue weighted by atomic mass is 127. The minimum atomic E-state index is -0.0322. The van der Waals surface area contributed by atoms with E-state index in [4.69, 9.17) is 16.6 Å². The molecule has 0 bridgehead atoms. The molecule has 4 aromatic rings. The molecule has 0 aliphatic carbocycles. The molecule has 8 heteroatoms. The second-order valence-corrected chi connectivity index (χ2v) is 11.2. The number of rotatable bonds is 11. The van der Waals surface area contributed by atoms with E-state index in [9.17, 15) is 4.79 Å². The van der Waals surface area contributed by atoms with E-state index in [1.807, 2.05) is 30.6 Å². The summed E-state index contributed by atoms with van der Waals surface area (Å²) in [5.41, 5.74) is 6.17. The molecule has 5 nitrogen and oxygen atoms in total. The number of pyridine rings is 2. The van der Waals surface area contributed by atoms with Gasteiger partial charge in [-0.05, 0) is 60.2 Å². The Labute approximate surface area is 234 Å². The van der Waals surface area contributed by atoms with Gasteiger partial charge in [0.05, 0.1) is 18.4 Å².